The quantitative estimate of drug-likeness (QED) is 0.440. The van der Waals surface area contributed by atoms with Gasteiger partial charge in [0.05, 0.1) is 31.7 Å². The molecule has 0 amide bonds. The molecule has 5 heteroatoms. The molecule has 1 unspecified atom stereocenters. The van der Waals surface area contributed by atoms with Crippen molar-refractivity contribution in [1.29, 1.82) is 0 Å². The molecule has 0 saturated carbocycles. The molecule has 0 aliphatic carbocycles. The molecular formula is C25H32N2O3. The van der Waals surface area contributed by atoms with E-state index in [1.807, 2.05) is 6.20 Å². The van der Waals surface area contributed by atoms with Crippen molar-refractivity contribution < 1.29 is 14.6 Å². The van der Waals surface area contributed by atoms with E-state index in [2.05, 4.69) is 59.4 Å². The topological polar surface area (TPSA) is 67.4 Å². The second-order valence-electron chi connectivity index (χ2n) is 8.18. The van der Waals surface area contributed by atoms with Crippen LogP contribution in [0.3, 0.4) is 0 Å². The van der Waals surface area contributed by atoms with Gasteiger partial charge in [-0.25, -0.2) is 4.98 Å². The number of aromatic amines is 1. The average molecular weight is 409 g/mol. The second kappa shape index (κ2) is 9.73. The van der Waals surface area contributed by atoms with Crippen LogP contribution in [-0.2, 0) is 9.47 Å². The number of hydrogen-bond donors (Lipinski definition) is 2. The van der Waals surface area contributed by atoms with E-state index in [9.17, 15) is 5.11 Å². The molecule has 1 aliphatic heterocycles. The lowest BCUT2D eigenvalue weighted by molar-refractivity contribution is -0.164. The number of hydrogen-bond acceptors (Lipinski definition) is 4. The third kappa shape index (κ3) is 4.75. The maximum atomic E-state index is 9.91. The minimum absolute atomic E-state index is 0.0401. The summed E-state index contributed by atoms with van der Waals surface area (Å²) < 4.78 is 11.6. The van der Waals surface area contributed by atoms with Gasteiger partial charge in [-0.3, -0.25) is 0 Å². The van der Waals surface area contributed by atoms with E-state index in [4.69, 9.17) is 9.47 Å². The number of nitrogens with zero attached hydrogens (tertiary/aromatic N) is 1. The maximum Gasteiger partial charge on any atom is 0.168 e. The predicted octanol–water partition coefficient (Wildman–Crippen LogP) is 5.41. The van der Waals surface area contributed by atoms with Gasteiger partial charge in [-0.1, -0.05) is 56.2 Å². The standard InChI is InChI=1S/C25H32N2O3/c1-2-25(29-14-15-30-25)13-7-3-4-10-22(18-28)24-26-17-23(27-24)21-12-11-19-8-5-6-9-20(19)16-21/h5-6,8-9,11-12,16-17,22,28H,2-4,7,10,13-15,18H2,1H3,(H,26,27). The highest BCUT2D eigenvalue weighted by Gasteiger charge is 2.33. The summed E-state index contributed by atoms with van der Waals surface area (Å²) in [5.41, 5.74) is 2.11. The van der Waals surface area contributed by atoms with Gasteiger partial charge < -0.3 is 19.6 Å². The Morgan fingerprint density at radius 1 is 1.07 bits per heavy atom. The maximum absolute atomic E-state index is 9.91. The Morgan fingerprint density at radius 3 is 2.63 bits per heavy atom. The average Bonchev–Trinajstić information content (AvgIpc) is 3.46. The highest BCUT2D eigenvalue weighted by Crippen LogP contribution is 2.30. The number of aromatic nitrogens is 2. The number of aliphatic hydroxyl groups excluding tert-OH is 1. The fourth-order valence-corrected chi connectivity index (χ4v) is 4.35. The summed E-state index contributed by atoms with van der Waals surface area (Å²) in [6, 6.07) is 14.8. The first-order valence-corrected chi connectivity index (χ1v) is 11.2. The number of aliphatic hydroxyl groups is 1. The number of fused-ring (bicyclic) bond motifs is 1. The van der Waals surface area contributed by atoms with Crippen LogP contribution < -0.4 is 0 Å². The van der Waals surface area contributed by atoms with Crippen molar-refractivity contribution in [3.8, 4) is 11.3 Å². The zero-order valence-corrected chi connectivity index (χ0v) is 17.8. The van der Waals surface area contributed by atoms with Crippen LogP contribution in [-0.4, -0.2) is 40.7 Å². The van der Waals surface area contributed by atoms with Crippen molar-refractivity contribution in [3.63, 3.8) is 0 Å². The summed E-state index contributed by atoms with van der Waals surface area (Å²) in [5, 5.41) is 12.4. The first kappa shape index (κ1) is 21.0. The minimum Gasteiger partial charge on any atom is -0.396 e. The fourth-order valence-electron chi connectivity index (χ4n) is 4.35. The van der Waals surface area contributed by atoms with Gasteiger partial charge in [0.15, 0.2) is 5.79 Å². The minimum atomic E-state index is -0.355. The van der Waals surface area contributed by atoms with Gasteiger partial charge in [0.2, 0.25) is 0 Å². The largest absolute Gasteiger partial charge is 0.396 e. The number of unbranched alkanes of at least 4 members (excludes halogenated alkanes) is 2. The molecule has 1 atom stereocenters. The van der Waals surface area contributed by atoms with Crippen LogP contribution in [0.2, 0.25) is 0 Å². The van der Waals surface area contributed by atoms with Crippen molar-refractivity contribution in [2.75, 3.05) is 19.8 Å². The Balaban J connectivity index is 1.32. The van der Waals surface area contributed by atoms with Gasteiger partial charge in [0, 0.05) is 17.9 Å². The number of imidazole rings is 1. The van der Waals surface area contributed by atoms with E-state index in [1.54, 1.807) is 0 Å². The molecule has 1 saturated heterocycles. The molecule has 0 bridgehead atoms. The molecule has 1 aromatic heterocycles. The smallest absolute Gasteiger partial charge is 0.168 e. The SMILES string of the molecule is CCC1(CCCCCC(CO)c2ncc(-c3ccc4ccccc4c3)[nH]2)OCCO1. The van der Waals surface area contributed by atoms with Crippen molar-refractivity contribution >= 4 is 10.8 Å². The van der Waals surface area contributed by atoms with Gasteiger partial charge >= 0.3 is 0 Å². The molecule has 0 radical (unpaired) electrons. The molecule has 2 aromatic carbocycles. The summed E-state index contributed by atoms with van der Waals surface area (Å²) >= 11 is 0. The Morgan fingerprint density at radius 2 is 1.87 bits per heavy atom. The molecule has 5 nitrogen and oxygen atoms in total. The van der Waals surface area contributed by atoms with E-state index in [0.29, 0.717) is 13.2 Å². The lowest BCUT2D eigenvalue weighted by Crippen LogP contribution is -2.28. The number of ether oxygens (including phenoxy) is 2. The van der Waals surface area contributed by atoms with Gasteiger partial charge in [-0.05, 0) is 36.1 Å². The first-order chi connectivity index (χ1) is 14.7. The number of H-pyrrole nitrogens is 1. The predicted molar refractivity (Wildman–Crippen MR) is 119 cm³/mol. The molecular weight excluding hydrogens is 376 g/mol. The van der Waals surface area contributed by atoms with Crippen LogP contribution in [0.25, 0.3) is 22.0 Å². The van der Waals surface area contributed by atoms with Crippen LogP contribution in [0.1, 0.15) is 57.2 Å². The van der Waals surface area contributed by atoms with Crippen LogP contribution in [0.15, 0.2) is 48.7 Å². The summed E-state index contributed by atoms with van der Waals surface area (Å²) in [5.74, 6) is 0.554. The Kier molecular flexibility index (Phi) is 6.82. The summed E-state index contributed by atoms with van der Waals surface area (Å²) in [4.78, 5) is 8.01. The van der Waals surface area contributed by atoms with Crippen LogP contribution in [0, 0.1) is 0 Å². The molecule has 0 spiro atoms. The first-order valence-electron chi connectivity index (χ1n) is 11.2. The molecule has 2 N–H and O–H groups in total. The molecule has 160 valence electrons. The van der Waals surface area contributed by atoms with Gasteiger partial charge in [-0.15, -0.1) is 0 Å². The van der Waals surface area contributed by atoms with E-state index in [-0.39, 0.29) is 18.3 Å². The molecule has 1 aliphatic rings. The number of rotatable bonds is 10. The summed E-state index contributed by atoms with van der Waals surface area (Å²) in [7, 11) is 0. The normalized spacial score (nSPS) is 16.9. The highest BCUT2D eigenvalue weighted by molar-refractivity contribution is 5.86. The lowest BCUT2D eigenvalue weighted by atomic mass is 9.99. The zero-order valence-electron chi connectivity index (χ0n) is 17.8. The Hall–Kier alpha value is -2.21. The van der Waals surface area contributed by atoms with E-state index >= 15 is 0 Å². The molecule has 2 heterocycles. The molecule has 30 heavy (non-hydrogen) atoms. The fraction of sp³-hybridized carbons (Fsp3) is 0.480. The number of benzene rings is 2. The third-order valence-corrected chi connectivity index (χ3v) is 6.23. The summed E-state index contributed by atoms with van der Waals surface area (Å²) in [6.07, 6.45) is 7.87. The molecule has 1 fully saturated rings. The van der Waals surface area contributed by atoms with Crippen LogP contribution in [0.5, 0.6) is 0 Å². The van der Waals surface area contributed by atoms with Gasteiger partial charge in [0.1, 0.15) is 5.82 Å². The lowest BCUT2D eigenvalue weighted by Gasteiger charge is -2.25. The van der Waals surface area contributed by atoms with Gasteiger partial charge in [-0.2, -0.15) is 0 Å². The van der Waals surface area contributed by atoms with Crippen molar-refractivity contribution in [2.24, 2.45) is 0 Å². The summed E-state index contributed by atoms with van der Waals surface area (Å²) in [6.45, 7) is 3.64. The van der Waals surface area contributed by atoms with Crippen molar-refractivity contribution in [2.45, 2.75) is 57.2 Å². The molecule has 4 rings (SSSR count). The Labute approximate surface area is 178 Å². The van der Waals surface area contributed by atoms with E-state index in [0.717, 1.165) is 55.6 Å². The second-order valence-corrected chi connectivity index (χ2v) is 8.18. The monoisotopic (exact) mass is 408 g/mol. The highest BCUT2D eigenvalue weighted by atomic mass is 16.7. The van der Waals surface area contributed by atoms with Gasteiger partial charge in [0.25, 0.3) is 0 Å². The third-order valence-electron chi connectivity index (χ3n) is 6.23. The van der Waals surface area contributed by atoms with Crippen molar-refractivity contribution in [3.05, 3.63) is 54.5 Å². The van der Waals surface area contributed by atoms with Crippen LogP contribution in [0.4, 0.5) is 0 Å². The Bertz CT molecular complexity index is 946. The molecule has 3 aromatic rings. The zero-order chi connectivity index (χ0) is 20.8. The van der Waals surface area contributed by atoms with Crippen LogP contribution >= 0.6 is 0 Å². The number of nitrogens with one attached hydrogen (secondary N) is 1. The van der Waals surface area contributed by atoms with E-state index < -0.39 is 0 Å². The van der Waals surface area contributed by atoms with Crippen molar-refractivity contribution in [1.82, 2.24) is 9.97 Å². The van der Waals surface area contributed by atoms with E-state index in [1.165, 1.54) is 10.8 Å².